The van der Waals surface area contributed by atoms with Crippen molar-refractivity contribution >= 4 is 21.4 Å². The van der Waals surface area contributed by atoms with Crippen LogP contribution in [0, 0.1) is 5.82 Å². The first kappa shape index (κ1) is 15.4. The number of sulfone groups is 1. The zero-order chi connectivity index (χ0) is 14.1. The van der Waals surface area contributed by atoms with Gasteiger partial charge in [-0.2, -0.15) is 0 Å². The second-order valence-electron chi connectivity index (χ2n) is 4.81. The molecule has 0 saturated carbocycles. The molecule has 0 aliphatic carbocycles. The minimum absolute atomic E-state index is 0.0172. The monoisotopic (exact) mass is 294 g/mol. The zero-order valence-corrected chi connectivity index (χ0v) is 12.0. The Kier molecular flexibility index (Phi) is 4.41. The third kappa shape index (κ3) is 3.02. The molecule has 0 radical (unpaired) electrons. The van der Waals surface area contributed by atoms with Gasteiger partial charge >= 0.3 is 0 Å². The van der Waals surface area contributed by atoms with E-state index in [9.17, 15) is 17.9 Å². The lowest BCUT2D eigenvalue weighted by Gasteiger charge is -2.28. The maximum absolute atomic E-state index is 13.2. The van der Waals surface area contributed by atoms with E-state index in [0.29, 0.717) is 5.56 Å². The summed E-state index contributed by atoms with van der Waals surface area (Å²) >= 11 is 5.77. The van der Waals surface area contributed by atoms with Crippen molar-refractivity contribution in [1.29, 1.82) is 0 Å². The van der Waals surface area contributed by atoms with Gasteiger partial charge in [-0.15, -0.1) is 0 Å². The van der Waals surface area contributed by atoms with E-state index in [2.05, 4.69) is 0 Å². The first-order valence-electron chi connectivity index (χ1n) is 5.38. The Morgan fingerprint density at radius 3 is 2.50 bits per heavy atom. The fourth-order valence-electron chi connectivity index (χ4n) is 1.41. The van der Waals surface area contributed by atoms with Crippen LogP contribution in [0.3, 0.4) is 0 Å². The molecule has 6 heteroatoms. The van der Waals surface area contributed by atoms with Crippen molar-refractivity contribution in [2.75, 3.05) is 6.26 Å². The topological polar surface area (TPSA) is 54.4 Å². The number of hydrogen-bond donors (Lipinski definition) is 1. The van der Waals surface area contributed by atoms with Gasteiger partial charge in [-0.25, -0.2) is 12.8 Å². The van der Waals surface area contributed by atoms with Gasteiger partial charge in [0.2, 0.25) is 0 Å². The Balaban J connectivity index is 3.02. The maximum atomic E-state index is 13.2. The van der Waals surface area contributed by atoms with E-state index < -0.39 is 26.5 Å². The molecule has 0 spiro atoms. The highest BCUT2D eigenvalue weighted by Crippen LogP contribution is 2.27. The normalized spacial score (nSPS) is 14.6. The lowest BCUT2D eigenvalue weighted by molar-refractivity contribution is 0.138. The summed E-state index contributed by atoms with van der Waals surface area (Å²) in [5, 5.41) is 9.94. The lowest BCUT2D eigenvalue weighted by atomic mass is 9.98. The van der Waals surface area contributed by atoms with Crippen LogP contribution in [-0.4, -0.2) is 30.6 Å². The van der Waals surface area contributed by atoms with Gasteiger partial charge in [0.15, 0.2) is 9.84 Å². The summed E-state index contributed by atoms with van der Waals surface area (Å²) in [5.74, 6) is -0.585. The largest absolute Gasteiger partial charge is 0.391 e. The molecule has 1 aromatic rings. The summed E-state index contributed by atoms with van der Waals surface area (Å²) in [6, 6.07) is 4.24. The first-order valence-corrected chi connectivity index (χ1v) is 7.65. The SMILES string of the molecule is CC(C)(C(O)Cc1cccc(F)c1Cl)S(C)(=O)=O. The smallest absolute Gasteiger partial charge is 0.155 e. The van der Waals surface area contributed by atoms with Crippen LogP contribution in [0.1, 0.15) is 19.4 Å². The van der Waals surface area contributed by atoms with Crippen LogP contribution < -0.4 is 0 Å². The molecular formula is C12H16ClFO3S. The molecule has 102 valence electrons. The van der Waals surface area contributed by atoms with Crippen molar-refractivity contribution in [3.8, 4) is 0 Å². The van der Waals surface area contributed by atoms with E-state index in [-0.39, 0.29) is 11.4 Å². The van der Waals surface area contributed by atoms with Gasteiger partial charge in [-0.1, -0.05) is 23.7 Å². The predicted octanol–water partition coefficient (Wildman–Crippen LogP) is 2.21. The molecule has 18 heavy (non-hydrogen) atoms. The van der Waals surface area contributed by atoms with Gasteiger partial charge in [0.05, 0.1) is 15.9 Å². The minimum atomic E-state index is -3.43. The zero-order valence-electron chi connectivity index (χ0n) is 10.4. The highest BCUT2D eigenvalue weighted by atomic mass is 35.5. The van der Waals surface area contributed by atoms with Crippen molar-refractivity contribution < 1.29 is 17.9 Å². The highest BCUT2D eigenvalue weighted by molar-refractivity contribution is 7.92. The molecule has 0 heterocycles. The van der Waals surface area contributed by atoms with Crippen molar-refractivity contribution in [2.45, 2.75) is 31.1 Å². The Bertz CT molecular complexity index is 540. The fourth-order valence-corrected chi connectivity index (χ4v) is 2.19. The number of halogens is 2. The summed E-state index contributed by atoms with van der Waals surface area (Å²) in [5.41, 5.74) is 0.390. The van der Waals surface area contributed by atoms with Crippen molar-refractivity contribution in [3.05, 3.63) is 34.6 Å². The Hall–Kier alpha value is -0.650. The van der Waals surface area contributed by atoms with Gasteiger partial charge < -0.3 is 5.11 Å². The minimum Gasteiger partial charge on any atom is -0.391 e. The molecule has 1 N–H and O–H groups in total. The summed E-state index contributed by atoms with van der Waals surface area (Å²) in [7, 11) is -3.43. The first-order chi connectivity index (χ1) is 8.07. The number of aliphatic hydroxyl groups is 1. The Labute approximate surface area is 112 Å². The molecule has 0 aliphatic rings. The average Bonchev–Trinajstić information content (AvgIpc) is 2.23. The summed E-state index contributed by atoms with van der Waals surface area (Å²) in [6.45, 7) is 2.86. The van der Waals surface area contributed by atoms with Crippen molar-refractivity contribution in [2.24, 2.45) is 0 Å². The molecule has 3 nitrogen and oxygen atoms in total. The number of benzene rings is 1. The van der Waals surface area contributed by atoms with Crippen LogP contribution in [0.2, 0.25) is 5.02 Å². The van der Waals surface area contributed by atoms with Gasteiger partial charge in [0.1, 0.15) is 5.82 Å². The highest BCUT2D eigenvalue weighted by Gasteiger charge is 2.38. The summed E-state index contributed by atoms with van der Waals surface area (Å²) in [4.78, 5) is 0. The second-order valence-corrected chi connectivity index (χ2v) is 7.78. The Morgan fingerprint density at radius 2 is 2.00 bits per heavy atom. The summed E-state index contributed by atoms with van der Waals surface area (Å²) in [6.07, 6.45) is -0.119. The fraction of sp³-hybridized carbons (Fsp3) is 0.500. The molecule has 0 fully saturated rings. The van der Waals surface area contributed by atoms with E-state index in [0.717, 1.165) is 6.26 Å². The number of hydrogen-bond acceptors (Lipinski definition) is 3. The molecule has 0 bridgehead atoms. The maximum Gasteiger partial charge on any atom is 0.155 e. The molecule has 1 rings (SSSR count). The third-order valence-electron chi connectivity index (χ3n) is 3.20. The van der Waals surface area contributed by atoms with Crippen LogP contribution in [0.25, 0.3) is 0 Å². The quantitative estimate of drug-likeness (QED) is 0.926. The van der Waals surface area contributed by atoms with E-state index in [1.165, 1.54) is 26.0 Å². The van der Waals surface area contributed by atoms with Crippen LogP contribution in [-0.2, 0) is 16.3 Å². The van der Waals surface area contributed by atoms with Gasteiger partial charge in [0, 0.05) is 12.7 Å². The van der Waals surface area contributed by atoms with Gasteiger partial charge in [-0.05, 0) is 25.5 Å². The molecule has 0 aliphatic heterocycles. The number of rotatable bonds is 4. The predicted molar refractivity (Wildman–Crippen MR) is 70.0 cm³/mol. The molecule has 0 amide bonds. The van der Waals surface area contributed by atoms with E-state index >= 15 is 0 Å². The number of aliphatic hydroxyl groups excluding tert-OH is 1. The molecule has 1 atom stereocenters. The third-order valence-corrected chi connectivity index (χ3v) is 5.81. The lowest BCUT2D eigenvalue weighted by Crippen LogP contribution is -2.44. The van der Waals surface area contributed by atoms with Gasteiger partial charge in [0.25, 0.3) is 0 Å². The van der Waals surface area contributed by atoms with Crippen LogP contribution in [0.4, 0.5) is 4.39 Å². The molecule has 0 aromatic heterocycles. The standard InChI is InChI=1S/C12H16ClFO3S/c1-12(2,18(3,16)17)10(15)7-8-5-4-6-9(14)11(8)13/h4-6,10,15H,7H2,1-3H3. The van der Waals surface area contributed by atoms with Crippen LogP contribution in [0.5, 0.6) is 0 Å². The molecule has 1 aromatic carbocycles. The van der Waals surface area contributed by atoms with Crippen molar-refractivity contribution in [1.82, 2.24) is 0 Å². The second kappa shape index (κ2) is 5.15. The molecule has 1 unspecified atom stereocenters. The van der Waals surface area contributed by atoms with Crippen molar-refractivity contribution in [3.63, 3.8) is 0 Å². The van der Waals surface area contributed by atoms with Crippen LogP contribution >= 0.6 is 11.6 Å². The van der Waals surface area contributed by atoms with E-state index in [4.69, 9.17) is 11.6 Å². The van der Waals surface area contributed by atoms with Gasteiger partial charge in [-0.3, -0.25) is 0 Å². The van der Waals surface area contributed by atoms with E-state index in [1.54, 1.807) is 6.07 Å². The van der Waals surface area contributed by atoms with Crippen LogP contribution in [0.15, 0.2) is 18.2 Å². The van der Waals surface area contributed by atoms with E-state index in [1.807, 2.05) is 0 Å². The summed E-state index contributed by atoms with van der Waals surface area (Å²) < 4.78 is 35.1. The average molecular weight is 295 g/mol. The molecule has 0 saturated heterocycles. The Morgan fingerprint density at radius 1 is 1.44 bits per heavy atom. The molecular weight excluding hydrogens is 279 g/mol.